The predicted octanol–water partition coefficient (Wildman–Crippen LogP) is 1.49. The Bertz CT molecular complexity index is 602. The summed E-state index contributed by atoms with van der Waals surface area (Å²) in [4.78, 5) is 0.206. The lowest BCUT2D eigenvalue weighted by Gasteiger charge is -2.22. The molecule has 0 radical (unpaired) electrons. The number of benzene rings is 1. The van der Waals surface area contributed by atoms with Gasteiger partial charge in [-0.15, -0.1) is 0 Å². The lowest BCUT2D eigenvalue weighted by molar-refractivity contribution is 0.0173. The molecule has 1 fully saturated rings. The number of ether oxygens (including phenoxy) is 1. The van der Waals surface area contributed by atoms with Crippen LogP contribution in [0.1, 0.15) is 24.8 Å². The van der Waals surface area contributed by atoms with Crippen molar-refractivity contribution >= 4 is 9.84 Å². The van der Waals surface area contributed by atoms with Gasteiger partial charge in [0, 0.05) is 19.7 Å². The minimum atomic E-state index is -3.35. The first-order chi connectivity index (χ1) is 10.1. The largest absolute Gasteiger partial charge is 0.377 e. The van der Waals surface area contributed by atoms with Crippen LogP contribution in [0.5, 0.6) is 0 Å². The molecule has 1 unspecified atom stereocenters. The van der Waals surface area contributed by atoms with Crippen molar-refractivity contribution in [2.45, 2.75) is 30.3 Å². The lowest BCUT2D eigenvalue weighted by Crippen LogP contribution is -2.34. The van der Waals surface area contributed by atoms with Gasteiger partial charge in [0.1, 0.15) is 0 Å². The monoisotopic (exact) mass is 308 g/mol. The van der Waals surface area contributed by atoms with Gasteiger partial charge in [-0.2, -0.15) is 5.26 Å². The van der Waals surface area contributed by atoms with E-state index < -0.39 is 9.84 Å². The van der Waals surface area contributed by atoms with Crippen LogP contribution in [0.3, 0.4) is 0 Å². The molecule has 1 N–H and O–H groups in total. The second-order valence-corrected chi connectivity index (χ2v) is 7.26. The first-order valence-electron chi connectivity index (χ1n) is 7.17. The molecule has 6 heteroatoms. The van der Waals surface area contributed by atoms with E-state index in [1.807, 2.05) is 6.07 Å². The van der Waals surface area contributed by atoms with Crippen LogP contribution >= 0.6 is 0 Å². The molecule has 1 aliphatic heterocycles. The summed E-state index contributed by atoms with van der Waals surface area (Å²) in [5, 5.41) is 12.0. The Morgan fingerprint density at radius 3 is 2.95 bits per heavy atom. The first-order valence-corrected chi connectivity index (χ1v) is 8.82. The van der Waals surface area contributed by atoms with Gasteiger partial charge in [0.15, 0.2) is 9.84 Å². The highest BCUT2D eigenvalue weighted by Gasteiger charge is 2.16. The van der Waals surface area contributed by atoms with Gasteiger partial charge in [-0.1, -0.05) is 6.07 Å². The Kier molecular flexibility index (Phi) is 5.74. The molecule has 5 nitrogen and oxygen atoms in total. The van der Waals surface area contributed by atoms with Gasteiger partial charge in [0.05, 0.1) is 28.4 Å². The molecule has 1 aromatic rings. The Balaban J connectivity index is 1.82. The number of nitrogens with one attached hydrogen (secondary N) is 1. The number of nitriles is 1. The third kappa shape index (κ3) is 4.81. The van der Waals surface area contributed by atoms with E-state index in [4.69, 9.17) is 10.00 Å². The topological polar surface area (TPSA) is 79.2 Å². The highest BCUT2D eigenvalue weighted by atomic mass is 32.2. The van der Waals surface area contributed by atoms with E-state index >= 15 is 0 Å². The SMILES string of the molecule is N#Cc1cccc(S(=O)(=O)CCNCC2CCCCO2)c1. The Labute approximate surface area is 125 Å². The second kappa shape index (κ2) is 7.55. The van der Waals surface area contributed by atoms with Crippen LogP contribution in [0.2, 0.25) is 0 Å². The molecular weight excluding hydrogens is 288 g/mol. The summed E-state index contributed by atoms with van der Waals surface area (Å²) in [7, 11) is -3.35. The number of hydrogen-bond acceptors (Lipinski definition) is 5. The smallest absolute Gasteiger partial charge is 0.179 e. The lowest BCUT2D eigenvalue weighted by atomic mass is 10.1. The second-order valence-electron chi connectivity index (χ2n) is 5.15. The fourth-order valence-electron chi connectivity index (χ4n) is 2.31. The molecule has 21 heavy (non-hydrogen) atoms. The van der Waals surface area contributed by atoms with E-state index in [1.165, 1.54) is 18.6 Å². The minimum Gasteiger partial charge on any atom is -0.377 e. The number of nitrogens with zero attached hydrogens (tertiary/aromatic N) is 1. The molecular formula is C15H20N2O3S. The van der Waals surface area contributed by atoms with E-state index in [0.717, 1.165) is 19.4 Å². The van der Waals surface area contributed by atoms with E-state index in [-0.39, 0.29) is 16.8 Å². The Morgan fingerprint density at radius 1 is 1.38 bits per heavy atom. The van der Waals surface area contributed by atoms with Crippen molar-refractivity contribution in [3.05, 3.63) is 29.8 Å². The van der Waals surface area contributed by atoms with Crippen LogP contribution in [0.25, 0.3) is 0 Å². The summed E-state index contributed by atoms with van der Waals surface area (Å²) >= 11 is 0. The number of hydrogen-bond donors (Lipinski definition) is 1. The van der Waals surface area contributed by atoms with Crippen LogP contribution in [0, 0.1) is 11.3 Å². The first kappa shape index (κ1) is 16.0. The molecule has 0 aliphatic carbocycles. The average molecular weight is 308 g/mol. The standard InChI is InChI=1S/C15H20N2O3S/c16-11-13-4-3-6-15(10-13)21(18,19)9-7-17-12-14-5-1-2-8-20-14/h3-4,6,10,14,17H,1-2,5,7-9,12H2. The van der Waals surface area contributed by atoms with Crippen LogP contribution in [0.4, 0.5) is 0 Å². The summed E-state index contributed by atoms with van der Waals surface area (Å²) in [5.74, 6) is 0.0224. The van der Waals surface area contributed by atoms with Gasteiger partial charge in [0.25, 0.3) is 0 Å². The summed E-state index contributed by atoms with van der Waals surface area (Å²) in [5.41, 5.74) is 0.361. The summed E-state index contributed by atoms with van der Waals surface area (Å²) in [6.07, 6.45) is 3.51. The fourth-order valence-corrected chi connectivity index (χ4v) is 3.56. The van der Waals surface area contributed by atoms with Gasteiger partial charge in [-0.25, -0.2) is 8.42 Å². The average Bonchev–Trinajstić information content (AvgIpc) is 2.53. The molecule has 2 rings (SSSR count). The molecule has 0 bridgehead atoms. The normalized spacial score (nSPS) is 19.1. The van der Waals surface area contributed by atoms with Crippen LogP contribution in [0.15, 0.2) is 29.2 Å². The van der Waals surface area contributed by atoms with Crippen LogP contribution in [-0.2, 0) is 14.6 Å². The molecule has 1 aliphatic rings. The maximum absolute atomic E-state index is 12.2. The van der Waals surface area contributed by atoms with Gasteiger partial charge >= 0.3 is 0 Å². The maximum atomic E-state index is 12.2. The third-order valence-corrected chi connectivity index (χ3v) is 5.23. The summed E-state index contributed by atoms with van der Waals surface area (Å²) in [6, 6.07) is 8.08. The van der Waals surface area contributed by atoms with Crippen molar-refractivity contribution in [2.75, 3.05) is 25.4 Å². The van der Waals surface area contributed by atoms with Gasteiger partial charge in [-0.3, -0.25) is 0 Å². The van der Waals surface area contributed by atoms with Crippen molar-refractivity contribution in [1.29, 1.82) is 5.26 Å². The Morgan fingerprint density at radius 2 is 2.24 bits per heavy atom. The highest BCUT2D eigenvalue weighted by molar-refractivity contribution is 7.91. The third-order valence-electron chi connectivity index (χ3n) is 3.52. The van der Waals surface area contributed by atoms with Crippen molar-refractivity contribution < 1.29 is 13.2 Å². The number of rotatable bonds is 6. The number of sulfone groups is 1. The molecule has 0 spiro atoms. The minimum absolute atomic E-state index is 0.0224. The van der Waals surface area contributed by atoms with Crippen molar-refractivity contribution in [3.63, 3.8) is 0 Å². The summed E-state index contributed by atoms with van der Waals surface area (Å²) in [6.45, 7) is 1.87. The predicted molar refractivity (Wildman–Crippen MR) is 79.7 cm³/mol. The van der Waals surface area contributed by atoms with Crippen molar-refractivity contribution in [2.24, 2.45) is 0 Å². The molecule has 1 heterocycles. The molecule has 114 valence electrons. The van der Waals surface area contributed by atoms with Gasteiger partial charge in [0.2, 0.25) is 0 Å². The Hall–Kier alpha value is -1.42. The van der Waals surface area contributed by atoms with E-state index in [2.05, 4.69) is 5.32 Å². The maximum Gasteiger partial charge on any atom is 0.179 e. The summed E-state index contributed by atoms with van der Waals surface area (Å²) < 4.78 is 29.9. The van der Waals surface area contributed by atoms with Crippen LogP contribution < -0.4 is 5.32 Å². The van der Waals surface area contributed by atoms with Crippen molar-refractivity contribution in [1.82, 2.24) is 5.32 Å². The van der Waals surface area contributed by atoms with E-state index in [9.17, 15) is 8.42 Å². The van der Waals surface area contributed by atoms with Crippen molar-refractivity contribution in [3.8, 4) is 6.07 Å². The zero-order valence-electron chi connectivity index (χ0n) is 11.9. The van der Waals surface area contributed by atoms with Gasteiger partial charge < -0.3 is 10.1 Å². The fraction of sp³-hybridized carbons (Fsp3) is 0.533. The molecule has 0 amide bonds. The van der Waals surface area contributed by atoms with E-state index in [1.54, 1.807) is 12.1 Å². The molecule has 0 saturated carbocycles. The molecule has 0 aromatic heterocycles. The zero-order valence-corrected chi connectivity index (χ0v) is 12.7. The van der Waals surface area contributed by atoms with Gasteiger partial charge in [-0.05, 0) is 37.5 Å². The van der Waals surface area contributed by atoms with Crippen LogP contribution in [-0.4, -0.2) is 40.0 Å². The quantitative estimate of drug-likeness (QED) is 0.806. The van der Waals surface area contributed by atoms with E-state index in [0.29, 0.717) is 18.7 Å². The molecule has 1 aromatic carbocycles. The molecule has 1 atom stereocenters. The highest BCUT2D eigenvalue weighted by Crippen LogP contribution is 2.13. The molecule has 1 saturated heterocycles. The zero-order chi connectivity index (χ0) is 15.1.